The lowest BCUT2D eigenvalue weighted by molar-refractivity contribution is 0.0272. The Hall–Kier alpha value is -0.940. The molecule has 1 N–H and O–H groups in total. The Bertz CT molecular complexity index is 563. The fourth-order valence-electron chi connectivity index (χ4n) is 2.51. The SMILES string of the molecule is CCN(CC)CCOCC(O)c1cc2ccsc2cc1C. The molecular weight excluding hydrogens is 282 g/mol. The maximum Gasteiger partial charge on any atom is 0.103 e. The van der Waals surface area contributed by atoms with Crippen molar-refractivity contribution in [3.8, 4) is 0 Å². The summed E-state index contributed by atoms with van der Waals surface area (Å²) in [5.41, 5.74) is 2.11. The predicted octanol–water partition coefficient (Wildman–Crippen LogP) is 3.60. The van der Waals surface area contributed by atoms with Crippen LogP contribution in [0.15, 0.2) is 23.6 Å². The summed E-state index contributed by atoms with van der Waals surface area (Å²) in [6.45, 7) is 10.4. The van der Waals surface area contributed by atoms with Gasteiger partial charge in [0.2, 0.25) is 0 Å². The summed E-state index contributed by atoms with van der Waals surface area (Å²) in [7, 11) is 0. The summed E-state index contributed by atoms with van der Waals surface area (Å²) >= 11 is 1.73. The molecule has 0 saturated carbocycles. The second-order valence-corrected chi connectivity index (χ2v) is 6.23. The van der Waals surface area contributed by atoms with E-state index in [-0.39, 0.29) is 0 Å². The van der Waals surface area contributed by atoms with Crippen LogP contribution in [0.1, 0.15) is 31.1 Å². The van der Waals surface area contributed by atoms with Gasteiger partial charge >= 0.3 is 0 Å². The van der Waals surface area contributed by atoms with Crippen molar-refractivity contribution in [2.75, 3.05) is 32.8 Å². The van der Waals surface area contributed by atoms with Crippen molar-refractivity contribution in [3.63, 3.8) is 0 Å². The number of fused-ring (bicyclic) bond motifs is 1. The highest BCUT2D eigenvalue weighted by molar-refractivity contribution is 7.17. The number of nitrogens with zero attached hydrogens (tertiary/aromatic N) is 1. The van der Waals surface area contributed by atoms with Crippen LogP contribution >= 0.6 is 11.3 Å². The molecule has 3 nitrogen and oxygen atoms in total. The molecule has 0 fully saturated rings. The minimum Gasteiger partial charge on any atom is -0.386 e. The molecule has 1 heterocycles. The van der Waals surface area contributed by atoms with Crippen LogP contribution < -0.4 is 0 Å². The molecule has 0 aliphatic heterocycles. The minimum absolute atomic E-state index is 0.359. The summed E-state index contributed by atoms with van der Waals surface area (Å²) in [6, 6.07) is 6.32. The number of hydrogen-bond acceptors (Lipinski definition) is 4. The van der Waals surface area contributed by atoms with E-state index in [2.05, 4.69) is 42.3 Å². The van der Waals surface area contributed by atoms with E-state index in [4.69, 9.17) is 4.74 Å². The molecule has 1 aromatic carbocycles. The van der Waals surface area contributed by atoms with E-state index >= 15 is 0 Å². The molecule has 0 amide bonds. The highest BCUT2D eigenvalue weighted by atomic mass is 32.1. The van der Waals surface area contributed by atoms with Crippen molar-refractivity contribution < 1.29 is 9.84 Å². The third-order valence-electron chi connectivity index (χ3n) is 3.92. The number of aliphatic hydroxyl groups excluding tert-OH is 1. The molecule has 1 aromatic heterocycles. The van der Waals surface area contributed by atoms with E-state index in [1.807, 2.05) is 6.92 Å². The highest BCUT2D eigenvalue weighted by Gasteiger charge is 2.12. The Labute approximate surface area is 131 Å². The first-order valence-corrected chi connectivity index (χ1v) is 8.49. The second-order valence-electron chi connectivity index (χ2n) is 5.28. The van der Waals surface area contributed by atoms with Gasteiger partial charge < -0.3 is 14.7 Å². The molecule has 1 atom stereocenters. The average Bonchev–Trinajstić information content (AvgIpc) is 2.93. The number of ether oxygens (including phenoxy) is 1. The standard InChI is InChI=1S/C17H25NO2S/c1-4-18(5-2)7-8-20-12-16(19)15-11-14-6-9-21-17(14)10-13(15)3/h6,9-11,16,19H,4-5,7-8,12H2,1-3H3. The quantitative estimate of drug-likeness (QED) is 0.756. The first-order valence-electron chi connectivity index (χ1n) is 7.61. The van der Waals surface area contributed by atoms with Crippen LogP contribution in [-0.2, 0) is 4.74 Å². The van der Waals surface area contributed by atoms with E-state index in [1.165, 1.54) is 10.1 Å². The van der Waals surface area contributed by atoms with E-state index in [0.717, 1.165) is 30.8 Å². The lowest BCUT2D eigenvalue weighted by Gasteiger charge is -2.19. The van der Waals surface area contributed by atoms with E-state index in [1.54, 1.807) is 11.3 Å². The molecule has 0 radical (unpaired) electrons. The van der Waals surface area contributed by atoms with Gasteiger partial charge in [-0.15, -0.1) is 11.3 Å². The normalized spacial score (nSPS) is 13.2. The van der Waals surface area contributed by atoms with Crippen molar-refractivity contribution >= 4 is 21.4 Å². The van der Waals surface area contributed by atoms with Gasteiger partial charge in [0.15, 0.2) is 0 Å². The van der Waals surface area contributed by atoms with Crippen LogP contribution in [0, 0.1) is 6.92 Å². The Balaban J connectivity index is 1.89. The van der Waals surface area contributed by atoms with Gasteiger partial charge in [0.05, 0.1) is 13.2 Å². The zero-order chi connectivity index (χ0) is 15.2. The molecule has 4 heteroatoms. The topological polar surface area (TPSA) is 32.7 Å². The summed E-state index contributed by atoms with van der Waals surface area (Å²) in [6.07, 6.45) is -0.550. The average molecular weight is 307 g/mol. The van der Waals surface area contributed by atoms with Crippen LogP contribution in [0.2, 0.25) is 0 Å². The molecule has 0 aliphatic rings. The zero-order valence-corrected chi connectivity index (χ0v) is 13.9. The summed E-state index contributed by atoms with van der Waals surface area (Å²) in [5, 5.41) is 13.6. The van der Waals surface area contributed by atoms with Crippen LogP contribution in [0.5, 0.6) is 0 Å². The third-order valence-corrected chi connectivity index (χ3v) is 4.80. The Morgan fingerprint density at radius 1 is 1.29 bits per heavy atom. The molecular formula is C17H25NO2S. The smallest absolute Gasteiger partial charge is 0.103 e. The molecule has 21 heavy (non-hydrogen) atoms. The maximum atomic E-state index is 10.3. The Morgan fingerprint density at radius 2 is 2.05 bits per heavy atom. The van der Waals surface area contributed by atoms with Gasteiger partial charge in [0.1, 0.15) is 6.10 Å². The minimum atomic E-state index is -0.550. The molecule has 1 unspecified atom stereocenters. The number of hydrogen-bond donors (Lipinski definition) is 1. The van der Waals surface area contributed by atoms with Gasteiger partial charge in [-0.2, -0.15) is 0 Å². The molecule has 0 saturated heterocycles. The van der Waals surface area contributed by atoms with Gasteiger partial charge in [0, 0.05) is 11.2 Å². The first kappa shape index (κ1) is 16.4. The van der Waals surface area contributed by atoms with Gasteiger partial charge in [-0.3, -0.25) is 0 Å². The van der Waals surface area contributed by atoms with Crippen molar-refractivity contribution in [3.05, 3.63) is 34.7 Å². The van der Waals surface area contributed by atoms with Crippen LogP contribution in [0.25, 0.3) is 10.1 Å². The fraction of sp³-hybridized carbons (Fsp3) is 0.529. The van der Waals surface area contributed by atoms with E-state index in [0.29, 0.717) is 13.2 Å². The van der Waals surface area contributed by atoms with Gasteiger partial charge in [-0.05, 0) is 60.1 Å². The zero-order valence-electron chi connectivity index (χ0n) is 13.1. The molecule has 0 spiro atoms. The van der Waals surface area contributed by atoms with Crippen molar-refractivity contribution in [1.82, 2.24) is 4.90 Å². The molecule has 0 aliphatic carbocycles. The second kappa shape index (κ2) is 7.90. The number of likely N-dealkylation sites (N-methyl/N-ethyl adjacent to an activating group) is 1. The van der Waals surface area contributed by atoms with Crippen LogP contribution in [0.3, 0.4) is 0 Å². The first-order chi connectivity index (χ1) is 10.2. The molecule has 2 aromatic rings. The lowest BCUT2D eigenvalue weighted by atomic mass is 10.0. The summed E-state index contributed by atoms with van der Waals surface area (Å²) < 4.78 is 6.91. The van der Waals surface area contributed by atoms with Gasteiger partial charge in [-0.25, -0.2) is 0 Å². The van der Waals surface area contributed by atoms with Crippen molar-refractivity contribution in [2.45, 2.75) is 26.9 Å². The highest BCUT2D eigenvalue weighted by Crippen LogP contribution is 2.28. The van der Waals surface area contributed by atoms with Crippen LogP contribution in [-0.4, -0.2) is 42.9 Å². The predicted molar refractivity (Wildman–Crippen MR) is 90.1 cm³/mol. The van der Waals surface area contributed by atoms with Crippen LogP contribution in [0.4, 0.5) is 0 Å². The van der Waals surface area contributed by atoms with Gasteiger partial charge in [-0.1, -0.05) is 13.8 Å². The summed E-state index contributed by atoms with van der Waals surface area (Å²) in [5.74, 6) is 0. The summed E-state index contributed by atoms with van der Waals surface area (Å²) in [4.78, 5) is 2.31. The van der Waals surface area contributed by atoms with Crippen molar-refractivity contribution in [2.24, 2.45) is 0 Å². The molecule has 116 valence electrons. The number of aliphatic hydroxyl groups is 1. The fourth-order valence-corrected chi connectivity index (χ4v) is 3.38. The van der Waals surface area contributed by atoms with E-state index in [9.17, 15) is 5.11 Å². The monoisotopic (exact) mass is 307 g/mol. The van der Waals surface area contributed by atoms with Crippen molar-refractivity contribution in [1.29, 1.82) is 0 Å². The number of rotatable bonds is 8. The molecule has 2 rings (SSSR count). The third kappa shape index (κ3) is 4.27. The van der Waals surface area contributed by atoms with E-state index < -0.39 is 6.10 Å². The Morgan fingerprint density at radius 3 is 2.76 bits per heavy atom. The Kier molecular flexibility index (Phi) is 6.18. The number of benzene rings is 1. The lowest BCUT2D eigenvalue weighted by Crippen LogP contribution is -2.27. The largest absolute Gasteiger partial charge is 0.386 e. The maximum absolute atomic E-state index is 10.3. The number of aryl methyl sites for hydroxylation is 1. The molecule has 0 bridgehead atoms. The van der Waals surface area contributed by atoms with Gasteiger partial charge in [0.25, 0.3) is 0 Å². The number of thiophene rings is 1.